The van der Waals surface area contributed by atoms with Gasteiger partial charge in [-0.25, -0.2) is 4.39 Å². The number of aromatic nitrogens is 1. The summed E-state index contributed by atoms with van der Waals surface area (Å²) in [7, 11) is 0. The third-order valence-corrected chi connectivity index (χ3v) is 6.43. The Balaban J connectivity index is 1.47. The lowest BCUT2D eigenvalue weighted by Crippen LogP contribution is -2.48. The Labute approximate surface area is 200 Å². The van der Waals surface area contributed by atoms with Crippen molar-refractivity contribution in [3.05, 3.63) is 58.1 Å². The molecular formula is C25H25FN4O5. The molecule has 0 atom stereocenters. The maximum atomic E-state index is 15.2. The predicted octanol–water partition coefficient (Wildman–Crippen LogP) is 2.81. The summed E-state index contributed by atoms with van der Waals surface area (Å²) >= 11 is 0. The monoisotopic (exact) mass is 480 g/mol. The molecule has 1 fully saturated rings. The summed E-state index contributed by atoms with van der Waals surface area (Å²) in [4.78, 5) is 41.4. The first-order chi connectivity index (χ1) is 16.9. The number of benzene rings is 2. The number of ether oxygens (including phenoxy) is 2. The van der Waals surface area contributed by atoms with E-state index in [1.54, 1.807) is 33.7 Å². The quantitative estimate of drug-likeness (QED) is 0.618. The van der Waals surface area contributed by atoms with Crippen LogP contribution >= 0.6 is 0 Å². The van der Waals surface area contributed by atoms with Crippen molar-refractivity contribution in [2.45, 2.75) is 20.4 Å². The van der Waals surface area contributed by atoms with Gasteiger partial charge < -0.3 is 29.2 Å². The van der Waals surface area contributed by atoms with Crippen molar-refractivity contribution < 1.29 is 23.5 Å². The summed E-state index contributed by atoms with van der Waals surface area (Å²) in [5, 5.41) is 2.85. The highest BCUT2D eigenvalue weighted by Gasteiger charge is 2.24. The molecule has 2 amide bonds. The van der Waals surface area contributed by atoms with Crippen LogP contribution in [0.3, 0.4) is 0 Å². The Hall–Kier alpha value is -4.08. The van der Waals surface area contributed by atoms with Gasteiger partial charge in [-0.2, -0.15) is 0 Å². The lowest BCUT2D eigenvalue weighted by molar-refractivity contribution is -0.129. The second kappa shape index (κ2) is 8.94. The molecule has 35 heavy (non-hydrogen) atoms. The number of pyridine rings is 1. The van der Waals surface area contributed by atoms with Crippen LogP contribution in [0, 0.1) is 5.82 Å². The summed E-state index contributed by atoms with van der Waals surface area (Å²) in [6, 6.07) is 7.81. The first kappa shape index (κ1) is 22.7. The van der Waals surface area contributed by atoms with Gasteiger partial charge in [0.05, 0.1) is 11.2 Å². The Bertz CT molecular complexity index is 1390. The van der Waals surface area contributed by atoms with Crippen LogP contribution in [0.15, 0.2) is 41.3 Å². The summed E-state index contributed by atoms with van der Waals surface area (Å²) < 4.78 is 27.6. The van der Waals surface area contributed by atoms with Crippen LogP contribution in [0.25, 0.3) is 10.9 Å². The molecule has 2 aromatic carbocycles. The zero-order valence-electron chi connectivity index (χ0n) is 19.5. The smallest absolute Gasteiger partial charge is 0.261 e. The summed E-state index contributed by atoms with van der Waals surface area (Å²) in [5.41, 5.74) is 0.740. The number of amides is 2. The second-order valence-electron chi connectivity index (χ2n) is 8.49. The Morgan fingerprint density at radius 2 is 1.80 bits per heavy atom. The van der Waals surface area contributed by atoms with Gasteiger partial charge in [-0.3, -0.25) is 14.4 Å². The molecular weight excluding hydrogens is 455 g/mol. The van der Waals surface area contributed by atoms with E-state index in [9.17, 15) is 14.4 Å². The van der Waals surface area contributed by atoms with E-state index in [1.807, 2.05) is 11.8 Å². The van der Waals surface area contributed by atoms with E-state index in [0.717, 1.165) is 0 Å². The number of nitrogens with one attached hydrogen (secondary N) is 1. The molecule has 2 aliphatic heterocycles. The number of anilines is 2. The fourth-order valence-corrected chi connectivity index (χ4v) is 4.50. The average Bonchev–Trinajstić information content (AvgIpc) is 3.32. The molecule has 3 heterocycles. The molecule has 0 bridgehead atoms. The average molecular weight is 480 g/mol. The number of nitrogens with zero attached hydrogens (tertiary/aromatic N) is 3. The van der Waals surface area contributed by atoms with Crippen molar-refractivity contribution in [1.29, 1.82) is 0 Å². The lowest BCUT2D eigenvalue weighted by atomic mass is 10.1. The van der Waals surface area contributed by atoms with Crippen LogP contribution in [-0.4, -0.2) is 54.3 Å². The molecule has 0 aliphatic carbocycles. The minimum Gasteiger partial charge on any atom is -0.454 e. The van der Waals surface area contributed by atoms with Gasteiger partial charge in [-0.1, -0.05) is 0 Å². The highest BCUT2D eigenvalue weighted by atomic mass is 19.1. The van der Waals surface area contributed by atoms with E-state index in [-0.39, 0.29) is 23.6 Å². The normalized spacial score (nSPS) is 14.9. The molecule has 3 aromatic rings. The Kier molecular flexibility index (Phi) is 5.80. The van der Waals surface area contributed by atoms with E-state index >= 15 is 4.39 Å². The Morgan fingerprint density at radius 1 is 1.06 bits per heavy atom. The molecule has 5 rings (SSSR count). The molecule has 0 unspecified atom stereocenters. The number of carbonyl (C=O) groups is 2. The molecule has 10 heteroatoms. The molecule has 0 radical (unpaired) electrons. The van der Waals surface area contributed by atoms with Crippen LogP contribution in [0.1, 0.15) is 24.2 Å². The van der Waals surface area contributed by atoms with Gasteiger partial charge in [-0.05, 0) is 31.2 Å². The van der Waals surface area contributed by atoms with Crippen LogP contribution in [0.4, 0.5) is 15.8 Å². The topological polar surface area (TPSA) is 93.1 Å². The number of hydrogen-bond donors (Lipinski definition) is 1. The lowest BCUT2D eigenvalue weighted by Gasteiger charge is -2.36. The minimum absolute atomic E-state index is 0.00462. The number of carbonyl (C=O) groups excluding carboxylic acids is 2. The van der Waals surface area contributed by atoms with Gasteiger partial charge >= 0.3 is 0 Å². The fourth-order valence-electron chi connectivity index (χ4n) is 4.50. The number of fused-ring (bicyclic) bond motifs is 2. The van der Waals surface area contributed by atoms with Gasteiger partial charge in [0.1, 0.15) is 11.4 Å². The second-order valence-corrected chi connectivity index (χ2v) is 8.49. The maximum Gasteiger partial charge on any atom is 0.261 e. The fraction of sp³-hybridized carbons (Fsp3) is 0.320. The van der Waals surface area contributed by atoms with E-state index in [0.29, 0.717) is 61.1 Å². The number of rotatable bonds is 4. The molecule has 182 valence electrons. The van der Waals surface area contributed by atoms with Crippen LogP contribution in [0.2, 0.25) is 0 Å². The van der Waals surface area contributed by atoms with Crippen LogP contribution in [0.5, 0.6) is 11.5 Å². The third-order valence-electron chi connectivity index (χ3n) is 6.43. The zero-order valence-corrected chi connectivity index (χ0v) is 19.5. The molecule has 1 saturated heterocycles. The summed E-state index contributed by atoms with van der Waals surface area (Å²) in [6.45, 7) is 5.99. The molecule has 0 saturated carbocycles. The predicted molar refractivity (Wildman–Crippen MR) is 129 cm³/mol. The van der Waals surface area contributed by atoms with Gasteiger partial charge in [0, 0.05) is 63.0 Å². The molecule has 1 N–H and O–H groups in total. The van der Waals surface area contributed by atoms with Crippen molar-refractivity contribution in [2.24, 2.45) is 0 Å². The van der Waals surface area contributed by atoms with E-state index in [1.165, 1.54) is 19.2 Å². The maximum absolute atomic E-state index is 15.2. The third kappa shape index (κ3) is 4.16. The van der Waals surface area contributed by atoms with Crippen molar-refractivity contribution >= 4 is 34.1 Å². The SMILES string of the molecule is CCn1cc(C(=O)Nc2ccc3c(c2)OCO3)c(=O)c2cc(F)c(N3CCN(C(C)=O)CC3)cc21. The van der Waals surface area contributed by atoms with Gasteiger partial charge in [0.25, 0.3) is 5.91 Å². The summed E-state index contributed by atoms with van der Waals surface area (Å²) in [6.07, 6.45) is 1.50. The van der Waals surface area contributed by atoms with Crippen molar-refractivity contribution in [3.8, 4) is 11.5 Å². The van der Waals surface area contributed by atoms with Crippen LogP contribution < -0.4 is 25.1 Å². The van der Waals surface area contributed by atoms with Gasteiger partial charge in [-0.15, -0.1) is 0 Å². The number of halogens is 1. The largest absolute Gasteiger partial charge is 0.454 e. The standard InChI is InChI=1S/C25H25FN4O5/c1-3-28-13-18(25(33)27-16-4-5-22-23(10-16)35-14-34-22)24(32)17-11-19(26)21(12-20(17)28)30-8-6-29(7-9-30)15(2)31/h4-5,10-13H,3,6-9,14H2,1-2H3,(H,27,33). The van der Waals surface area contributed by atoms with Crippen molar-refractivity contribution in [1.82, 2.24) is 9.47 Å². The molecule has 1 aromatic heterocycles. The molecule has 9 nitrogen and oxygen atoms in total. The van der Waals surface area contributed by atoms with E-state index in [2.05, 4.69) is 5.32 Å². The highest BCUT2D eigenvalue weighted by molar-refractivity contribution is 6.06. The number of aryl methyl sites for hydroxylation is 1. The first-order valence-corrected chi connectivity index (χ1v) is 11.4. The van der Waals surface area contributed by atoms with Gasteiger partial charge in [0.15, 0.2) is 11.5 Å². The first-order valence-electron chi connectivity index (χ1n) is 11.4. The van der Waals surface area contributed by atoms with Crippen molar-refractivity contribution in [2.75, 3.05) is 43.2 Å². The summed E-state index contributed by atoms with van der Waals surface area (Å²) in [5.74, 6) is -0.0540. The van der Waals surface area contributed by atoms with Crippen molar-refractivity contribution in [3.63, 3.8) is 0 Å². The zero-order chi connectivity index (χ0) is 24.7. The minimum atomic E-state index is -0.595. The van der Waals surface area contributed by atoms with E-state index in [4.69, 9.17) is 9.47 Å². The van der Waals surface area contributed by atoms with Gasteiger partial charge in [0.2, 0.25) is 18.1 Å². The number of piperazine rings is 1. The molecule has 0 spiro atoms. The Morgan fingerprint density at radius 3 is 2.51 bits per heavy atom. The van der Waals surface area contributed by atoms with E-state index < -0.39 is 17.2 Å². The van der Waals surface area contributed by atoms with Crippen LogP contribution in [-0.2, 0) is 11.3 Å². The highest BCUT2D eigenvalue weighted by Crippen LogP contribution is 2.34. The number of hydrogen-bond acceptors (Lipinski definition) is 6. The molecule has 2 aliphatic rings.